The maximum atomic E-state index is 12.1. The normalized spacial score (nSPS) is 16.6. The third-order valence-electron chi connectivity index (χ3n) is 4.66. The lowest BCUT2D eigenvalue weighted by molar-refractivity contribution is 0.0333. The Labute approximate surface area is 161 Å². The first-order chi connectivity index (χ1) is 13.2. The molecular formula is C19H23N5O2S. The zero-order valence-electron chi connectivity index (χ0n) is 15.3. The number of aromatic nitrogens is 3. The van der Waals surface area contributed by atoms with Crippen LogP contribution < -0.4 is 10.9 Å². The summed E-state index contributed by atoms with van der Waals surface area (Å²) in [7, 11) is 0. The molecule has 1 saturated heterocycles. The summed E-state index contributed by atoms with van der Waals surface area (Å²) in [6.07, 6.45) is 0. The molecule has 0 saturated carbocycles. The molecule has 7 nitrogen and oxygen atoms in total. The van der Waals surface area contributed by atoms with Crippen LogP contribution in [-0.2, 0) is 11.3 Å². The first-order valence-corrected chi connectivity index (χ1v) is 9.95. The molecule has 1 aliphatic rings. The minimum atomic E-state index is -0.132. The van der Waals surface area contributed by atoms with Crippen molar-refractivity contribution in [3.63, 3.8) is 0 Å². The van der Waals surface area contributed by atoms with Crippen LogP contribution in [0.15, 0.2) is 41.2 Å². The Bertz CT molecular complexity index is 950. The lowest BCUT2D eigenvalue weighted by atomic mass is 10.1. The van der Waals surface area contributed by atoms with Gasteiger partial charge in [-0.2, -0.15) is 9.61 Å². The second-order valence-electron chi connectivity index (χ2n) is 6.68. The summed E-state index contributed by atoms with van der Waals surface area (Å²) in [6.45, 7) is 6.80. The molecule has 3 aromatic rings. The van der Waals surface area contributed by atoms with Gasteiger partial charge in [0.2, 0.25) is 4.96 Å². The summed E-state index contributed by atoms with van der Waals surface area (Å²) in [6, 6.07) is 12.1. The number of ether oxygens (including phenoxy) is 1. The van der Waals surface area contributed by atoms with E-state index in [0.29, 0.717) is 11.5 Å². The SMILES string of the molecule is Cc1cc(=O)n2nc(CN[C@H](CN3CCOCC3)c3ccccc3)sc2n1. The van der Waals surface area contributed by atoms with E-state index in [9.17, 15) is 4.79 Å². The average molecular weight is 385 g/mol. The van der Waals surface area contributed by atoms with Gasteiger partial charge in [0, 0.05) is 37.4 Å². The van der Waals surface area contributed by atoms with Crippen LogP contribution in [0.3, 0.4) is 0 Å². The molecule has 1 fully saturated rings. The largest absolute Gasteiger partial charge is 0.379 e. The predicted octanol–water partition coefficient (Wildman–Crippen LogP) is 1.62. The molecular weight excluding hydrogens is 362 g/mol. The molecule has 1 aromatic carbocycles. The molecule has 0 radical (unpaired) electrons. The Morgan fingerprint density at radius 1 is 1.26 bits per heavy atom. The van der Waals surface area contributed by atoms with Gasteiger partial charge in [0.25, 0.3) is 5.56 Å². The van der Waals surface area contributed by atoms with E-state index in [4.69, 9.17) is 4.74 Å². The average Bonchev–Trinajstić information content (AvgIpc) is 3.10. The molecule has 0 aliphatic carbocycles. The van der Waals surface area contributed by atoms with Gasteiger partial charge in [-0.05, 0) is 12.5 Å². The van der Waals surface area contributed by atoms with Crippen LogP contribution in [0.25, 0.3) is 4.96 Å². The zero-order chi connectivity index (χ0) is 18.6. The summed E-state index contributed by atoms with van der Waals surface area (Å²) >= 11 is 1.45. The summed E-state index contributed by atoms with van der Waals surface area (Å²) in [4.78, 5) is 19.5. The Hall–Kier alpha value is -2.13. The number of fused-ring (bicyclic) bond motifs is 1. The van der Waals surface area contributed by atoms with E-state index in [1.54, 1.807) is 0 Å². The van der Waals surface area contributed by atoms with Gasteiger partial charge in [0.05, 0.1) is 19.8 Å². The summed E-state index contributed by atoms with van der Waals surface area (Å²) in [5.74, 6) is 0. The van der Waals surface area contributed by atoms with Crippen molar-refractivity contribution < 1.29 is 4.74 Å². The smallest absolute Gasteiger partial charge is 0.275 e. The van der Waals surface area contributed by atoms with Gasteiger partial charge in [-0.3, -0.25) is 9.69 Å². The van der Waals surface area contributed by atoms with Crippen molar-refractivity contribution in [2.24, 2.45) is 0 Å². The summed E-state index contributed by atoms with van der Waals surface area (Å²) in [5, 5.41) is 8.90. The molecule has 0 spiro atoms. The first-order valence-electron chi connectivity index (χ1n) is 9.14. The number of hydrogen-bond donors (Lipinski definition) is 1. The molecule has 1 N–H and O–H groups in total. The van der Waals surface area contributed by atoms with Gasteiger partial charge in [-0.25, -0.2) is 4.98 Å². The highest BCUT2D eigenvalue weighted by Crippen LogP contribution is 2.18. The van der Waals surface area contributed by atoms with Gasteiger partial charge >= 0.3 is 0 Å². The molecule has 4 rings (SSSR count). The van der Waals surface area contributed by atoms with Gasteiger partial charge in [-0.15, -0.1) is 0 Å². The van der Waals surface area contributed by atoms with Crippen LogP contribution in [0.5, 0.6) is 0 Å². The number of aryl methyl sites for hydroxylation is 1. The van der Waals surface area contributed by atoms with Crippen molar-refractivity contribution in [2.75, 3.05) is 32.8 Å². The topological polar surface area (TPSA) is 71.8 Å². The van der Waals surface area contributed by atoms with Crippen molar-refractivity contribution in [3.8, 4) is 0 Å². The maximum Gasteiger partial charge on any atom is 0.275 e. The molecule has 0 amide bonds. The summed E-state index contributed by atoms with van der Waals surface area (Å²) < 4.78 is 6.84. The number of nitrogens with zero attached hydrogens (tertiary/aromatic N) is 4. The Morgan fingerprint density at radius 3 is 2.81 bits per heavy atom. The van der Waals surface area contributed by atoms with Crippen molar-refractivity contribution in [2.45, 2.75) is 19.5 Å². The summed E-state index contributed by atoms with van der Waals surface area (Å²) in [5.41, 5.74) is 1.84. The van der Waals surface area contributed by atoms with E-state index < -0.39 is 0 Å². The lowest BCUT2D eigenvalue weighted by Crippen LogP contribution is -2.41. The standard InChI is InChI=1S/C19H23N5O2S/c1-14-11-18(25)24-19(21-14)27-17(22-24)12-20-16(15-5-3-2-4-6-15)13-23-7-9-26-10-8-23/h2-6,11,16,20H,7-10,12-13H2,1H3/t16-/m1/s1. The Morgan fingerprint density at radius 2 is 2.04 bits per heavy atom. The van der Waals surface area contributed by atoms with E-state index in [1.807, 2.05) is 13.0 Å². The van der Waals surface area contributed by atoms with E-state index in [0.717, 1.165) is 43.5 Å². The Balaban J connectivity index is 1.51. The fraction of sp³-hybridized carbons (Fsp3) is 0.421. The van der Waals surface area contributed by atoms with Crippen molar-refractivity contribution in [3.05, 3.63) is 63.0 Å². The molecule has 1 aliphatic heterocycles. The van der Waals surface area contributed by atoms with Crippen molar-refractivity contribution in [1.29, 1.82) is 0 Å². The Kier molecular flexibility index (Phi) is 5.58. The fourth-order valence-electron chi connectivity index (χ4n) is 3.26. The molecule has 3 heterocycles. The van der Waals surface area contributed by atoms with Crippen molar-refractivity contribution in [1.82, 2.24) is 24.8 Å². The molecule has 2 aromatic heterocycles. The third kappa shape index (κ3) is 4.41. The monoisotopic (exact) mass is 385 g/mol. The van der Waals surface area contributed by atoms with E-state index >= 15 is 0 Å². The highest BCUT2D eigenvalue weighted by molar-refractivity contribution is 7.16. The van der Waals surface area contributed by atoms with Crippen LogP contribution in [0.4, 0.5) is 0 Å². The zero-order valence-corrected chi connectivity index (χ0v) is 16.1. The number of benzene rings is 1. The van der Waals surface area contributed by atoms with E-state index in [1.165, 1.54) is 27.5 Å². The second kappa shape index (κ2) is 8.26. The van der Waals surface area contributed by atoms with Gasteiger partial charge in [0.1, 0.15) is 5.01 Å². The van der Waals surface area contributed by atoms with Crippen LogP contribution in [-0.4, -0.2) is 52.3 Å². The molecule has 8 heteroatoms. The number of nitrogens with one attached hydrogen (secondary N) is 1. The minimum absolute atomic E-state index is 0.132. The maximum absolute atomic E-state index is 12.1. The molecule has 142 valence electrons. The van der Waals surface area contributed by atoms with E-state index in [2.05, 4.69) is 44.6 Å². The number of hydrogen-bond acceptors (Lipinski definition) is 7. The molecule has 0 bridgehead atoms. The lowest BCUT2D eigenvalue weighted by Gasteiger charge is -2.31. The quantitative estimate of drug-likeness (QED) is 0.695. The molecule has 27 heavy (non-hydrogen) atoms. The highest BCUT2D eigenvalue weighted by atomic mass is 32.1. The highest BCUT2D eigenvalue weighted by Gasteiger charge is 2.19. The van der Waals surface area contributed by atoms with Crippen LogP contribution in [0.2, 0.25) is 0 Å². The number of rotatable bonds is 6. The van der Waals surface area contributed by atoms with Crippen LogP contribution in [0, 0.1) is 6.92 Å². The van der Waals surface area contributed by atoms with Crippen LogP contribution in [0.1, 0.15) is 22.3 Å². The fourth-order valence-corrected chi connectivity index (χ4v) is 4.15. The van der Waals surface area contributed by atoms with Crippen molar-refractivity contribution >= 4 is 16.3 Å². The number of morpholine rings is 1. The third-order valence-corrected chi connectivity index (χ3v) is 5.57. The van der Waals surface area contributed by atoms with Crippen LogP contribution >= 0.6 is 11.3 Å². The van der Waals surface area contributed by atoms with Gasteiger partial charge < -0.3 is 10.1 Å². The van der Waals surface area contributed by atoms with Gasteiger partial charge in [0.15, 0.2) is 0 Å². The molecule has 1 atom stereocenters. The molecule has 0 unspecified atom stereocenters. The van der Waals surface area contributed by atoms with Gasteiger partial charge in [-0.1, -0.05) is 41.7 Å². The van der Waals surface area contributed by atoms with E-state index in [-0.39, 0.29) is 11.6 Å². The first kappa shape index (κ1) is 18.2. The minimum Gasteiger partial charge on any atom is -0.379 e. The predicted molar refractivity (Wildman–Crippen MR) is 105 cm³/mol. The second-order valence-corrected chi connectivity index (χ2v) is 7.72.